The molecule has 206 valence electrons. The zero-order valence-corrected chi connectivity index (χ0v) is 22.6. The summed E-state index contributed by atoms with van der Waals surface area (Å²) in [6.45, 7) is 1.95. The maximum absolute atomic E-state index is 13.7. The van der Waals surface area contributed by atoms with E-state index in [0.717, 1.165) is 34.7 Å². The Labute approximate surface area is 232 Å². The zero-order chi connectivity index (χ0) is 28.7. The Morgan fingerprint density at radius 3 is 1.80 bits per heavy atom. The fourth-order valence-electron chi connectivity index (χ4n) is 4.36. The molecule has 0 atom stereocenters. The van der Waals surface area contributed by atoms with Crippen molar-refractivity contribution < 1.29 is 21.6 Å². The molecule has 1 aromatic heterocycles. The van der Waals surface area contributed by atoms with Gasteiger partial charge in [-0.15, -0.1) is 0 Å². The number of benzene rings is 4. The number of aryl methyl sites for hydroxylation is 1. The normalized spacial score (nSPS) is 11.2. The second-order valence-corrected chi connectivity index (χ2v) is 9.82. The lowest BCUT2D eigenvalue weighted by Gasteiger charge is -2.15. The highest BCUT2D eigenvalue weighted by molar-refractivity contribution is 7.69. The summed E-state index contributed by atoms with van der Waals surface area (Å²) in [6, 6.07) is 34.7. The minimum Gasteiger partial charge on any atom is -0.232 e. The molecule has 1 heterocycles. The summed E-state index contributed by atoms with van der Waals surface area (Å²) in [5.74, 6) is 0. The first-order chi connectivity index (χ1) is 19.1. The van der Waals surface area contributed by atoms with Crippen LogP contribution in [0.4, 0.5) is 13.2 Å². The molecule has 9 heteroatoms. The average molecular weight is 564 g/mol. The van der Waals surface area contributed by atoms with Crippen molar-refractivity contribution in [1.82, 2.24) is 9.78 Å². The Kier molecular flexibility index (Phi) is 9.19. The molecule has 4 aromatic carbocycles. The first-order valence-electron chi connectivity index (χ1n) is 12.4. The Bertz CT molecular complexity index is 1620. The van der Waals surface area contributed by atoms with Gasteiger partial charge in [0.25, 0.3) is 0 Å². The third-order valence-electron chi connectivity index (χ3n) is 6.26. The third kappa shape index (κ3) is 7.68. The summed E-state index contributed by atoms with van der Waals surface area (Å²) in [7, 11) is -2.62. The molecular formula is C31H28F3N3O2S. The fourth-order valence-corrected chi connectivity index (χ4v) is 4.36. The Morgan fingerprint density at radius 1 is 0.750 bits per heavy atom. The molecule has 0 bridgehead atoms. The maximum atomic E-state index is 13.7. The molecule has 5 aromatic rings. The van der Waals surface area contributed by atoms with Gasteiger partial charge in [0.05, 0.1) is 11.4 Å². The largest absolute Gasteiger partial charge is 0.435 e. The summed E-state index contributed by atoms with van der Waals surface area (Å²) in [5, 5.41) is 8.07. The molecule has 5 rings (SSSR count). The van der Waals surface area contributed by atoms with Gasteiger partial charge in [-0.05, 0) is 60.2 Å². The van der Waals surface area contributed by atoms with E-state index in [4.69, 9.17) is 8.42 Å². The molecule has 5 nitrogen and oxygen atoms in total. The van der Waals surface area contributed by atoms with Crippen LogP contribution in [0.5, 0.6) is 0 Å². The maximum Gasteiger partial charge on any atom is 0.435 e. The van der Waals surface area contributed by atoms with Gasteiger partial charge < -0.3 is 0 Å². The van der Waals surface area contributed by atoms with Gasteiger partial charge in [0.15, 0.2) is 16.6 Å². The summed E-state index contributed by atoms with van der Waals surface area (Å²) in [6.07, 6.45) is -3.13. The van der Waals surface area contributed by atoms with Crippen molar-refractivity contribution in [2.45, 2.75) is 25.9 Å². The van der Waals surface area contributed by atoms with E-state index in [0.29, 0.717) is 23.4 Å². The van der Waals surface area contributed by atoms with Crippen molar-refractivity contribution in [2.75, 3.05) is 0 Å². The summed E-state index contributed by atoms with van der Waals surface area (Å²) in [5.41, 5.74) is 6.33. The van der Waals surface area contributed by atoms with E-state index in [1.807, 2.05) is 85.8 Å². The van der Waals surface area contributed by atoms with Gasteiger partial charge in [0, 0.05) is 5.56 Å². The Morgan fingerprint density at radius 2 is 1.27 bits per heavy atom. The van der Waals surface area contributed by atoms with Crippen molar-refractivity contribution in [3.05, 3.63) is 143 Å². The lowest BCUT2D eigenvalue weighted by molar-refractivity contribution is -0.141. The van der Waals surface area contributed by atoms with Crippen molar-refractivity contribution >= 4 is 10.9 Å². The second kappa shape index (κ2) is 12.8. The highest BCUT2D eigenvalue weighted by Crippen LogP contribution is 2.34. The smallest absolute Gasteiger partial charge is 0.232 e. The number of aromatic nitrogens is 2. The Balaban J connectivity index is 0.000000867. The quantitative estimate of drug-likeness (QED) is 0.231. The number of halogens is 3. The van der Waals surface area contributed by atoms with Gasteiger partial charge in [0.2, 0.25) is 0 Å². The SMILES string of the molecule is Cc1ccc(-c2cc(C(F)(F)F)nn2-c2ccc(Cc3ccccc3)c(Cc3ccccc3)c2)cc1.N[SH](=O)=O. The molecule has 0 radical (unpaired) electrons. The number of alkyl halides is 3. The van der Waals surface area contributed by atoms with Crippen LogP contribution >= 0.6 is 0 Å². The lowest BCUT2D eigenvalue weighted by Crippen LogP contribution is -2.08. The number of nitrogens with zero attached hydrogens (tertiary/aromatic N) is 2. The van der Waals surface area contributed by atoms with Crippen LogP contribution in [-0.2, 0) is 29.9 Å². The van der Waals surface area contributed by atoms with Crippen LogP contribution in [0.2, 0.25) is 0 Å². The second-order valence-electron chi connectivity index (χ2n) is 9.25. The molecule has 0 amide bonds. The van der Waals surface area contributed by atoms with Crippen LogP contribution < -0.4 is 5.14 Å². The van der Waals surface area contributed by atoms with E-state index in [-0.39, 0.29) is 0 Å². The van der Waals surface area contributed by atoms with Crippen LogP contribution in [0.15, 0.2) is 109 Å². The average Bonchev–Trinajstić information content (AvgIpc) is 3.37. The summed E-state index contributed by atoms with van der Waals surface area (Å²) in [4.78, 5) is 0. The van der Waals surface area contributed by atoms with E-state index in [2.05, 4.69) is 34.5 Å². The lowest BCUT2D eigenvalue weighted by atomic mass is 9.94. The van der Waals surface area contributed by atoms with Crippen LogP contribution in [0.25, 0.3) is 16.9 Å². The number of hydrogen-bond acceptors (Lipinski definition) is 3. The number of nitrogens with two attached hydrogens (primary N) is 1. The first-order valence-corrected chi connectivity index (χ1v) is 13.7. The van der Waals surface area contributed by atoms with Crippen LogP contribution in [0.1, 0.15) is 33.5 Å². The zero-order valence-electron chi connectivity index (χ0n) is 21.7. The topological polar surface area (TPSA) is 78.0 Å². The minimum absolute atomic E-state index is 0.406. The van der Waals surface area contributed by atoms with E-state index < -0.39 is 22.8 Å². The van der Waals surface area contributed by atoms with Crippen molar-refractivity contribution in [3.8, 4) is 16.9 Å². The van der Waals surface area contributed by atoms with Crippen molar-refractivity contribution in [3.63, 3.8) is 0 Å². The van der Waals surface area contributed by atoms with Gasteiger partial charge in [-0.2, -0.15) is 18.3 Å². The highest BCUT2D eigenvalue weighted by Gasteiger charge is 2.35. The number of hydrogen-bond donors (Lipinski definition) is 2. The van der Waals surface area contributed by atoms with Gasteiger partial charge in [-0.25, -0.2) is 18.2 Å². The molecule has 0 fully saturated rings. The predicted molar refractivity (Wildman–Crippen MR) is 152 cm³/mol. The van der Waals surface area contributed by atoms with Crippen LogP contribution in [0.3, 0.4) is 0 Å². The Hall–Kier alpha value is -4.21. The molecule has 0 aliphatic carbocycles. The van der Waals surface area contributed by atoms with E-state index in [9.17, 15) is 13.2 Å². The standard InChI is InChI=1S/C31H25F3N2.H3NO2S/c1-22-12-14-25(15-13-22)29-21-30(31(32,33)34)35-36(29)28-17-16-26(18-23-8-4-2-5-9-23)27(20-28)19-24-10-6-3-7-11-24;1-4(2)3/h2-17,20-21H,18-19H2,1H3;4H,(H2,1,2,3). The van der Waals surface area contributed by atoms with Crippen molar-refractivity contribution in [2.24, 2.45) is 5.14 Å². The van der Waals surface area contributed by atoms with Crippen molar-refractivity contribution in [1.29, 1.82) is 0 Å². The van der Waals surface area contributed by atoms with Gasteiger partial charge in [-0.1, -0.05) is 96.6 Å². The number of thiol groups is 1. The number of rotatable bonds is 6. The molecule has 0 saturated heterocycles. The summed E-state index contributed by atoms with van der Waals surface area (Å²) >= 11 is 0. The fraction of sp³-hybridized carbons (Fsp3) is 0.129. The van der Waals surface area contributed by atoms with E-state index in [1.54, 1.807) is 0 Å². The molecule has 2 N–H and O–H groups in total. The molecule has 0 aliphatic rings. The highest BCUT2D eigenvalue weighted by atomic mass is 32.2. The molecule has 0 unspecified atom stereocenters. The molecule has 0 aliphatic heterocycles. The summed E-state index contributed by atoms with van der Waals surface area (Å²) < 4.78 is 60.1. The van der Waals surface area contributed by atoms with Gasteiger partial charge in [0.1, 0.15) is 0 Å². The molecular weight excluding hydrogens is 535 g/mol. The van der Waals surface area contributed by atoms with Crippen LogP contribution in [0, 0.1) is 6.92 Å². The van der Waals surface area contributed by atoms with E-state index in [1.165, 1.54) is 10.2 Å². The van der Waals surface area contributed by atoms with Crippen LogP contribution in [-0.4, -0.2) is 18.2 Å². The monoisotopic (exact) mass is 563 g/mol. The molecule has 40 heavy (non-hydrogen) atoms. The minimum atomic E-state index is -4.54. The van der Waals surface area contributed by atoms with E-state index >= 15 is 0 Å². The third-order valence-corrected chi connectivity index (χ3v) is 6.26. The molecule has 0 saturated carbocycles. The molecule has 0 spiro atoms. The first kappa shape index (κ1) is 28.8. The van der Waals surface area contributed by atoms with Gasteiger partial charge >= 0.3 is 6.18 Å². The van der Waals surface area contributed by atoms with Gasteiger partial charge in [-0.3, -0.25) is 0 Å². The predicted octanol–water partition coefficient (Wildman–Crippen LogP) is 6.52.